The molecule has 0 spiro atoms. The molecule has 4 heteroatoms. The summed E-state index contributed by atoms with van der Waals surface area (Å²) in [5.41, 5.74) is 3.47. The largest absolute Gasteiger partial charge is 0.287 e. The molecule has 1 heterocycles. The van der Waals surface area contributed by atoms with Crippen LogP contribution in [0.2, 0.25) is 0 Å². The van der Waals surface area contributed by atoms with Crippen LogP contribution in [0.3, 0.4) is 0 Å². The Labute approximate surface area is 93.9 Å². The Morgan fingerprint density at radius 1 is 1.25 bits per heavy atom. The van der Waals surface area contributed by atoms with Gasteiger partial charge >= 0.3 is 0 Å². The van der Waals surface area contributed by atoms with Gasteiger partial charge in [0.1, 0.15) is 5.69 Å². The van der Waals surface area contributed by atoms with Crippen molar-refractivity contribution in [3.63, 3.8) is 0 Å². The second-order valence-corrected chi connectivity index (χ2v) is 3.87. The van der Waals surface area contributed by atoms with Gasteiger partial charge in [-0.05, 0) is 31.0 Å². The summed E-state index contributed by atoms with van der Waals surface area (Å²) < 4.78 is 1.48. The van der Waals surface area contributed by atoms with Crippen LogP contribution in [0, 0.1) is 13.8 Å². The van der Waals surface area contributed by atoms with Crippen molar-refractivity contribution in [3.8, 4) is 0 Å². The van der Waals surface area contributed by atoms with E-state index in [0.29, 0.717) is 11.3 Å². The van der Waals surface area contributed by atoms with Crippen molar-refractivity contribution in [2.45, 2.75) is 13.8 Å². The molecule has 0 saturated carbocycles. The van der Waals surface area contributed by atoms with Crippen molar-refractivity contribution in [3.05, 3.63) is 46.8 Å². The zero-order valence-corrected chi connectivity index (χ0v) is 9.56. The summed E-state index contributed by atoms with van der Waals surface area (Å²) in [6, 6.07) is 5.68. The third kappa shape index (κ3) is 1.74. The van der Waals surface area contributed by atoms with Gasteiger partial charge in [-0.25, -0.2) is 4.68 Å². The summed E-state index contributed by atoms with van der Waals surface area (Å²) in [5.74, 6) is -0.0457. The second kappa shape index (κ2) is 3.89. The first-order chi connectivity index (χ1) is 7.59. The van der Waals surface area contributed by atoms with Gasteiger partial charge in [0.2, 0.25) is 5.78 Å². The molecule has 0 aliphatic carbocycles. The zero-order valence-electron chi connectivity index (χ0n) is 9.56. The maximum atomic E-state index is 12.1. The van der Waals surface area contributed by atoms with Gasteiger partial charge in [-0.3, -0.25) is 4.79 Å². The highest BCUT2D eigenvalue weighted by Crippen LogP contribution is 2.13. The van der Waals surface area contributed by atoms with E-state index in [1.807, 2.05) is 32.0 Å². The number of hydrogen-bond donors (Lipinski definition) is 0. The molecular formula is C12H13N3O. The Bertz CT molecular complexity index is 543. The molecule has 4 nitrogen and oxygen atoms in total. The minimum absolute atomic E-state index is 0.0457. The summed E-state index contributed by atoms with van der Waals surface area (Å²) in [6.07, 6.45) is 1.48. The van der Waals surface area contributed by atoms with E-state index in [1.54, 1.807) is 7.05 Å². The van der Waals surface area contributed by atoms with Gasteiger partial charge in [0.15, 0.2) is 0 Å². The number of rotatable bonds is 2. The molecule has 2 rings (SSSR count). The number of carbonyl (C=O) groups is 1. The lowest BCUT2D eigenvalue weighted by molar-refractivity contribution is 0.103. The number of benzene rings is 1. The average Bonchev–Trinajstić information content (AvgIpc) is 2.67. The lowest BCUT2D eigenvalue weighted by Crippen LogP contribution is -2.08. The minimum atomic E-state index is -0.0457. The maximum absolute atomic E-state index is 12.1. The summed E-state index contributed by atoms with van der Waals surface area (Å²) in [4.78, 5) is 12.1. The van der Waals surface area contributed by atoms with E-state index >= 15 is 0 Å². The number of carbonyl (C=O) groups excluding carboxylic acids is 1. The molecule has 82 valence electrons. The molecule has 1 aromatic heterocycles. The monoisotopic (exact) mass is 215 g/mol. The first-order valence-corrected chi connectivity index (χ1v) is 5.06. The van der Waals surface area contributed by atoms with Crippen LogP contribution < -0.4 is 0 Å². The second-order valence-electron chi connectivity index (χ2n) is 3.87. The van der Waals surface area contributed by atoms with E-state index in [1.165, 1.54) is 16.4 Å². The van der Waals surface area contributed by atoms with Gasteiger partial charge in [-0.2, -0.15) is 0 Å². The van der Waals surface area contributed by atoms with Crippen molar-refractivity contribution in [2.75, 3.05) is 0 Å². The van der Waals surface area contributed by atoms with E-state index in [4.69, 9.17) is 0 Å². The molecule has 0 saturated heterocycles. The molecule has 16 heavy (non-hydrogen) atoms. The quantitative estimate of drug-likeness (QED) is 0.716. The molecule has 0 atom stereocenters. The first-order valence-electron chi connectivity index (χ1n) is 5.06. The smallest absolute Gasteiger partial charge is 0.212 e. The molecule has 1 aromatic carbocycles. The van der Waals surface area contributed by atoms with Crippen LogP contribution in [-0.4, -0.2) is 20.8 Å². The Morgan fingerprint density at radius 2 is 2.00 bits per heavy atom. The normalized spacial score (nSPS) is 10.4. The van der Waals surface area contributed by atoms with Crippen LogP contribution in [0.5, 0.6) is 0 Å². The average molecular weight is 215 g/mol. The predicted molar refractivity (Wildman–Crippen MR) is 60.4 cm³/mol. The van der Waals surface area contributed by atoms with Crippen molar-refractivity contribution in [1.29, 1.82) is 0 Å². The van der Waals surface area contributed by atoms with E-state index in [9.17, 15) is 4.79 Å². The Kier molecular flexibility index (Phi) is 2.56. The third-order valence-electron chi connectivity index (χ3n) is 2.72. The number of nitrogens with zero attached hydrogens (tertiary/aromatic N) is 3. The van der Waals surface area contributed by atoms with Crippen LogP contribution in [0.25, 0.3) is 0 Å². The van der Waals surface area contributed by atoms with Crippen LogP contribution >= 0.6 is 0 Å². The van der Waals surface area contributed by atoms with Crippen LogP contribution in [0.4, 0.5) is 0 Å². The highest BCUT2D eigenvalue weighted by molar-refractivity contribution is 6.07. The van der Waals surface area contributed by atoms with Crippen molar-refractivity contribution >= 4 is 5.78 Å². The van der Waals surface area contributed by atoms with E-state index < -0.39 is 0 Å². The first kappa shape index (κ1) is 10.5. The predicted octanol–water partition coefficient (Wildman–Crippen LogP) is 1.66. The highest BCUT2D eigenvalue weighted by atomic mass is 16.1. The highest BCUT2D eigenvalue weighted by Gasteiger charge is 2.13. The lowest BCUT2D eigenvalue weighted by atomic mass is 10.0. The third-order valence-corrected chi connectivity index (χ3v) is 2.72. The van der Waals surface area contributed by atoms with Gasteiger partial charge in [-0.1, -0.05) is 17.3 Å². The topological polar surface area (TPSA) is 47.8 Å². The minimum Gasteiger partial charge on any atom is -0.287 e. The van der Waals surface area contributed by atoms with Gasteiger partial charge in [-0.15, -0.1) is 5.10 Å². The molecule has 0 fully saturated rings. The van der Waals surface area contributed by atoms with E-state index in [0.717, 1.165) is 5.56 Å². The number of hydrogen-bond acceptors (Lipinski definition) is 3. The fraction of sp³-hybridized carbons (Fsp3) is 0.250. The summed E-state index contributed by atoms with van der Waals surface area (Å²) >= 11 is 0. The molecule has 2 aromatic rings. The fourth-order valence-corrected chi connectivity index (χ4v) is 1.53. The molecule has 0 unspecified atom stereocenters. The molecule has 0 N–H and O–H groups in total. The number of aromatic nitrogens is 3. The van der Waals surface area contributed by atoms with Gasteiger partial charge in [0.25, 0.3) is 0 Å². The Hall–Kier alpha value is -1.97. The van der Waals surface area contributed by atoms with E-state index in [-0.39, 0.29) is 5.78 Å². The molecule has 0 radical (unpaired) electrons. The fourth-order valence-electron chi connectivity index (χ4n) is 1.53. The SMILES string of the molecule is Cc1ccc(C(=O)c2cnnn2C)cc1C. The Balaban J connectivity index is 2.42. The van der Waals surface area contributed by atoms with Gasteiger partial charge in [0.05, 0.1) is 6.20 Å². The standard InChI is InChI=1S/C12H13N3O/c1-8-4-5-10(6-9(8)2)12(16)11-7-13-14-15(11)3/h4-7H,1-3H3. The number of aryl methyl sites for hydroxylation is 3. The summed E-state index contributed by atoms with van der Waals surface area (Å²) in [6.45, 7) is 4.02. The van der Waals surface area contributed by atoms with Crippen LogP contribution in [0.15, 0.2) is 24.4 Å². The van der Waals surface area contributed by atoms with Crippen LogP contribution in [0.1, 0.15) is 27.2 Å². The molecule has 0 aliphatic heterocycles. The van der Waals surface area contributed by atoms with Gasteiger partial charge < -0.3 is 0 Å². The molecular weight excluding hydrogens is 202 g/mol. The van der Waals surface area contributed by atoms with Gasteiger partial charge in [0, 0.05) is 12.6 Å². The summed E-state index contributed by atoms with van der Waals surface area (Å²) in [7, 11) is 1.71. The summed E-state index contributed by atoms with van der Waals surface area (Å²) in [5, 5.41) is 7.45. The van der Waals surface area contributed by atoms with Crippen LogP contribution in [-0.2, 0) is 7.05 Å². The lowest BCUT2D eigenvalue weighted by Gasteiger charge is -2.04. The molecule has 0 amide bonds. The maximum Gasteiger partial charge on any atom is 0.212 e. The molecule has 0 aliphatic rings. The Morgan fingerprint density at radius 3 is 2.56 bits per heavy atom. The van der Waals surface area contributed by atoms with Crippen molar-refractivity contribution in [2.24, 2.45) is 7.05 Å². The zero-order chi connectivity index (χ0) is 11.7. The van der Waals surface area contributed by atoms with Crippen molar-refractivity contribution in [1.82, 2.24) is 15.0 Å². The van der Waals surface area contributed by atoms with Crippen molar-refractivity contribution < 1.29 is 4.79 Å². The van der Waals surface area contributed by atoms with E-state index in [2.05, 4.69) is 10.3 Å². The molecule has 0 bridgehead atoms. The number of ketones is 1.